The molecule has 0 saturated carbocycles. The van der Waals surface area contributed by atoms with E-state index in [4.69, 9.17) is 4.74 Å². The molecule has 1 saturated heterocycles. The Balaban J connectivity index is 1.53. The van der Waals surface area contributed by atoms with Crippen LogP contribution in [0.15, 0.2) is 54.6 Å². The molecule has 6 heteroatoms. The fourth-order valence-electron chi connectivity index (χ4n) is 4.02. The molecule has 1 unspecified atom stereocenters. The topological polar surface area (TPSA) is 70.7 Å². The number of hydrogen-bond acceptors (Lipinski definition) is 4. The van der Waals surface area contributed by atoms with Gasteiger partial charge in [-0.15, -0.1) is 0 Å². The number of carbonyl (C=O) groups excluding carboxylic acids is 2. The highest BCUT2D eigenvalue weighted by Gasteiger charge is 2.24. The Hall–Kier alpha value is -2.86. The lowest BCUT2D eigenvalue weighted by Gasteiger charge is -2.35. The third kappa shape index (κ3) is 7.38. The Morgan fingerprint density at radius 3 is 2.50 bits per heavy atom. The Morgan fingerprint density at radius 1 is 1.03 bits per heavy atom. The van der Waals surface area contributed by atoms with Gasteiger partial charge >= 0.3 is 6.09 Å². The maximum absolute atomic E-state index is 12.7. The van der Waals surface area contributed by atoms with Gasteiger partial charge in [-0.3, -0.25) is 9.69 Å². The first-order valence-corrected chi connectivity index (χ1v) is 11.5. The monoisotopic (exact) mass is 437 g/mol. The van der Waals surface area contributed by atoms with Gasteiger partial charge in [0.05, 0.1) is 0 Å². The molecular formula is C26H35N3O3. The minimum absolute atomic E-state index is 0.00203. The number of nitrogens with zero attached hydrogens (tertiary/aromatic N) is 1. The van der Waals surface area contributed by atoms with Gasteiger partial charge in [0.2, 0.25) is 5.91 Å². The van der Waals surface area contributed by atoms with Gasteiger partial charge < -0.3 is 15.4 Å². The zero-order valence-electron chi connectivity index (χ0n) is 19.4. The molecule has 2 aromatic carbocycles. The molecule has 0 bridgehead atoms. The van der Waals surface area contributed by atoms with Crippen LogP contribution in [0.4, 0.5) is 10.5 Å². The number of piperidine rings is 1. The number of likely N-dealkylation sites (tertiary alicyclic amines) is 1. The molecule has 0 radical (unpaired) electrons. The molecule has 2 aromatic rings. The van der Waals surface area contributed by atoms with Crippen molar-refractivity contribution in [1.82, 2.24) is 10.2 Å². The van der Waals surface area contributed by atoms with E-state index in [1.165, 1.54) is 0 Å². The molecule has 1 heterocycles. The summed E-state index contributed by atoms with van der Waals surface area (Å²) < 4.78 is 5.34. The molecule has 0 spiro atoms. The van der Waals surface area contributed by atoms with Gasteiger partial charge in [0, 0.05) is 36.8 Å². The Labute approximate surface area is 191 Å². The van der Waals surface area contributed by atoms with E-state index in [0.29, 0.717) is 19.5 Å². The van der Waals surface area contributed by atoms with Gasteiger partial charge in [-0.2, -0.15) is 0 Å². The van der Waals surface area contributed by atoms with Crippen LogP contribution in [0.1, 0.15) is 46.5 Å². The third-order valence-electron chi connectivity index (χ3n) is 5.54. The van der Waals surface area contributed by atoms with E-state index >= 15 is 0 Å². The van der Waals surface area contributed by atoms with Crippen LogP contribution in [-0.2, 0) is 9.53 Å². The molecule has 0 aliphatic carbocycles. The van der Waals surface area contributed by atoms with Crippen molar-refractivity contribution in [3.63, 3.8) is 0 Å². The normalized spacial score (nSPS) is 16.9. The van der Waals surface area contributed by atoms with Crippen molar-refractivity contribution in [3.8, 4) is 11.1 Å². The van der Waals surface area contributed by atoms with Crippen LogP contribution in [-0.4, -0.2) is 48.2 Å². The predicted octanol–water partition coefficient (Wildman–Crippen LogP) is 5.06. The second-order valence-electron chi connectivity index (χ2n) is 9.28. The van der Waals surface area contributed by atoms with Crippen molar-refractivity contribution >= 4 is 17.7 Å². The summed E-state index contributed by atoms with van der Waals surface area (Å²) in [5.74, 6) is -0.00203. The number of para-hydroxylation sites is 1. The number of hydrogen-bond donors (Lipinski definition) is 2. The first-order valence-electron chi connectivity index (χ1n) is 11.5. The smallest absolute Gasteiger partial charge is 0.407 e. The zero-order valence-corrected chi connectivity index (χ0v) is 19.4. The van der Waals surface area contributed by atoms with Crippen LogP contribution < -0.4 is 10.6 Å². The molecule has 3 rings (SSSR count). The second-order valence-corrected chi connectivity index (χ2v) is 9.28. The molecule has 0 aromatic heterocycles. The van der Waals surface area contributed by atoms with Crippen LogP contribution in [0, 0.1) is 0 Å². The second kappa shape index (κ2) is 11.1. The Bertz CT molecular complexity index is 893. The molecule has 1 aliphatic rings. The minimum atomic E-state index is -0.509. The highest BCUT2D eigenvalue weighted by molar-refractivity contribution is 5.95. The van der Waals surface area contributed by atoms with E-state index < -0.39 is 11.7 Å². The van der Waals surface area contributed by atoms with Crippen LogP contribution >= 0.6 is 0 Å². The van der Waals surface area contributed by atoms with Crippen LogP contribution in [0.2, 0.25) is 0 Å². The summed E-state index contributed by atoms with van der Waals surface area (Å²) in [6, 6.07) is 18.2. The van der Waals surface area contributed by atoms with E-state index in [0.717, 1.165) is 42.6 Å². The molecule has 2 amide bonds. The van der Waals surface area contributed by atoms with Gasteiger partial charge in [-0.05, 0) is 51.8 Å². The van der Waals surface area contributed by atoms with Crippen LogP contribution in [0.3, 0.4) is 0 Å². The van der Waals surface area contributed by atoms with E-state index in [9.17, 15) is 9.59 Å². The van der Waals surface area contributed by atoms with Crippen LogP contribution in [0.5, 0.6) is 0 Å². The third-order valence-corrected chi connectivity index (χ3v) is 5.54. The van der Waals surface area contributed by atoms with Crippen molar-refractivity contribution < 1.29 is 14.3 Å². The number of amides is 2. The van der Waals surface area contributed by atoms with E-state index in [2.05, 4.69) is 15.5 Å². The number of anilines is 1. The summed E-state index contributed by atoms with van der Waals surface area (Å²) in [4.78, 5) is 27.1. The van der Waals surface area contributed by atoms with E-state index in [1.807, 2.05) is 75.4 Å². The number of benzene rings is 2. The standard InChI is InChI=1S/C26H35N3O3/c1-26(2,3)32-25(31)27-19-21-13-9-10-17-29(21)18-16-24(30)28-23-15-8-7-14-22(23)20-11-5-4-6-12-20/h4-8,11-12,14-15,21H,9-10,13,16-19H2,1-3H3,(H,27,31)(H,28,30). The van der Waals surface area contributed by atoms with Crippen molar-refractivity contribution in [3.05, 3.63) is 54.6 Å². The van der Waals surface area contributed by atoms with Gasteiger partial charge in [-0.1, -0.05) is 55.0 Å². The van der Waals surface area contributed by atoms with Gasteiger partial charge in [0.15, 0.2) is 0 Å². The van der Waals surface area contributed by atoms with Crippen molar-refractivity contribution in [2.75, 3.05) is 25.0 Å². The fourth-order valence-corrected chi connectivity index (χ4v) is 4.02. The molecule has 32 heavy (non-hydrogen) atoms. The number of nitrogens with one attached hydrogen (secondary N) is 2. The number of carbonyl (C=O) groups is 2. The fraction of sp³-hybridized carbons (Fsp3) is 0.462. The summed E-state index contributed by atoms with van der Waals surface area (Å²) in [6.45, 7) is 7.71. The minimum Gasteiger partial charge on any atom is -0.444 e. The molecule has 172 valence electrons. The maximum Gasteiger partial charge on any atom is 0.407 e. The average Bonchev–Trinajstić information content (AvgIpc) is 2.76. The molecule has 1 fully saturated rings. The lowest BCUT2D eigenvalue weighted by Crippen LogP contribution is -2.48. The average molecular weight is 438 g/mol. The predicted molar refractivity (Wildman–Crippen MR) is 129 cm³/mol. The lowest BCUT2D eigenvalue weighted by molar-refractivity contribution is -0.116. The van der Waals surface area contributed by atoms with Crippen molar-refractivity contribution in [1.29, 1.82) is 0 Å². The maximum atomic E-state index is 12.7. The highest BCUT2D eigenvalue weighted by atomic mass is 16.6. The van der Waals surface area contributed by atoms with Gasteiger partial charge in [0.1, 0.15) is 5.60 Å². The van der Waals surface area contributed by atoms with Gasteiger partial charge in [0.25, 0.3) is 0 Å². The summed E-state index contributed by atoms with van der Waals surface area (Å²) >= 11 is 0. The Morgan fingerprint density at radius 2 is 1.75 bits per heavy atom. The molecule has 6 nitrogen and oxygen atoms in total. The largest absolute Gasteiger partial charge is 0.444 e. The van der Waals surface area contributed by atoms with E-state index in [-0.39, 0.29) is 11.9 Å². The summed E-state index contributed by atoms with van der Waals surface area (Å²) in [6.07, 6.45) is 3.27. The lowest BCUT2D eigenvalue weighted by atomic mass is 10.0. The van der Waals surface area contributed by atoms with Crippen molar-refractivity contribution in [2.24, 2.45) is 0 Å². The summed E-state index contributed by atoms with van der Waals surface area (Å²) in [7, 11) is 0. The van der Waals surface area contributed by atoms with E-state index in [1.54, 1.807) is 0 Å². The summed E-state index contributed by atoms with van der Waals surface area (Å²) in [5.41, 5.74) is 2.40. The number of alkyl carbamates (subject to hydrolysis) is 1. The summed E-state index contributed by atoms with van der Waals surface area (Å²) in [5, 5.41) is 5.97. The quantitative estimate of drug-likeness (QED) is 0.635. The molecule has 1 atom stereocenters. The highest BCUT2D eigenvalue weighted by Crippen LogP contribution is 2.27. The first kappa shape index (κ1) is 23.8. The molecule has 2 N–H and O–H groups in total. The number of ether oxygens (including phenoxy) is 1. The number of rotatable bonds is 7. The van der Waals surface area contributed by atoms with Gasteiger partial charge in [-0.25, -0.2) is 4.79 Å². The SMILES string of the molecule is CC(C)(C)OC(=O)NCC1CCCCN1CCC(=O)Nc1ccccc1-c1ccccc1. The zero-order chi connectivity index (χ0) is 23.0. The first-order chi connectivity index (χ1) is 15.3. The molecule has 1 aliphatic heterocycles. The van der Waals surface area contributed by atoms with Crippen LogP contribution in [0.25, 0.3) is 11.1 Å². The molecular weight excluding hydrogens is 402 g/mol. The Kier molecular flexibility index (Phi) is 8.28. The van der Waals surface area contributed by atoms with Crippen molar-refractivity contribution in [2.45, 2.75) is 58.1 Å².